The number of nitrogens with one attached hydrogen (secondary N) is 2. The van der Waals surface area contributed by atoms with Crippen molar-refractivity contribution in [2.75, 3.05) is 10.6 Å². The number of amides is 1. The SMILES string of the molecule is Cc1ccc(C)c(NC(=O)c2cc(C)nc(NCc3ccc(F)cc3)n2)c1. The highest BCUT2D eigenvalue weighted by atomic mass is 19.1. The van der Waals surface area contributed by atoms with Gasteiger partial charge in [-0.3, -0.25) is 4.79 Å². The summed E-state index contributed by atoms with van der Waals surface area (Å²) in [6.45, 7) is 6.15. The fourth-order valence-electron chi connectivity index (χ4n) is 2.60. The normalized spacial score (nSPS) is 10.5. The monoisotopic (exact) mass is 364 g/mol. The Morgan fingerprint density at radius 2 is 1.74 bits per heavy atom. The summed E-state index contributed by atoms with van der Waals surface area (Å²) in [5, 5.41) is 5.98. The van der Waals surface area contributed by atoms with Crippen LogP contribution in [0.15, 0.2) is 48.5 Å². The lowest BCUT2D eigenvalue weighted by atomic mass is 10.1. The van der Waals surface area contributed by atoms with E-state index in [4.69, 9.17) is 0 Å². The van der Waals surface area contributed by atoms with Gasteiger partial charge in [0, 0.05) is 17.9 Å². The number of aromatic nitrogens is 2. The second-order valence-electron chi connectivity index (χ2n) is 6.47. The number of nitrogens with zero attached hydrogens (tertiary/aromatic N) is 2. The van der Waals surface area contributed by atoms with Crippen LogP contribution in [0.2, 0.25) is 0 Å². The molecule has 0 bridgehead atoms. The summed E-state index contributed by atoms with van der Waals surface area (Å²) in [5.41, 5.74) is 4.66. The maximum atomic E-state index is 13.0. The summed E-state index contributed by atoms with van der Waals surface area (Å²) in [6, 6.07) is 13.7. The Labute approximate surface area is 157 Å². The number of carbonyl (C=O) groups excluding carboxylic acids is 1. The van der Waals surface area contributed by atoms with Gasteiger partial charge in [0.25, 0.3) is 5.91 Å². The number of halogens is 1. The van der Waals surface area contributed by atoms with Crippen molar-refractivity contribution in [1.29, 1.82) is 0 Å². The van der Waals surface area contributed by atoms with Crippen molar-refractivity contribution in [3.8, 4) is 0 Å². The standard InChI is InChI=1S/C21H21FN4O/c1-13-4-5-14(2)18(10-13)25-20(27)19-11-15(3)24-21(26-19)23-12-16-6-8-17(22)9-7-16/h4-11H,12H2,1-3H3,(H,25,27)(H,23,24,26). The van der Waals surface area contributed by atoms with E-state index in [0.717, 1.165) is 22.4 Å². The van der Waals surface area contributed by atoms with Crippen LogP contribution >= 0.6 is 0 Å². The number of hydrogen-bond acceptors (Lipinski definition) is 4. The van der Waals surface area contributed by atoms with Crippen LogP contribution < -0.4 is 10.6 Å². The van der Waals surface area contributed by atoms with Crippen molar-refractivity contribution in [1.82, 2.24) is 9.97 Å². The zero-order valence-electron chi connectivity index (χ0n) is 15.5. The van der Waals surface area contributed by atoms with Gasteiger partial charge < -0.3 is 10.6 Å². The molecule has 3 aromatic rings. The van der Waals surface area contributed by atoms with Crippen LogP contribution in [0, 0.1) is 26.6 Å². The molecule has 0 aliphatic rings. The highest BCUT2D eigenvalue weighted by Gasteiger charge is 2.12. The highest BCUT2D eigenvalue weighted by Crippen LogP contribution is 2.17. The van der Waals surface area contributed by atoms with Crippen LogP contribution in [0.3, 0.4) is 0 Å². The van der Waals surface area contributed by atoms with E-state index in [9.17, 15) is 9.18 Å². The molecule has 0 unspecified atom stereocenters. The average Bonchev–Trinajstić information content (AvgIpc) is 2.64. The van der Waals surface area contributed by atoms with Crippen LogP contribution in [0.1, 0.15) is 32.9 Å². The van der Waals surface area contributed by atoms with Gasteiger partial charge in [0.2, 0.25) is 5.95 Å². The topological polar surface area (TPSA) is 66.9 Å². The van der Waals surface area contributed by atoms with Crippen molar-refractivity contribution in [2.24, 2.45) is 0 Å². The van der Waals surface area contributed by atoms with Gasteiger partial charge in [-0.2, -0.15) is 0 Å². The molecule has 0 fully saturated rings. The first-order valence-electron chi connectivity index (χ1n) is 8.63. The van der Waals surface area contributed by atoms with E-state index in [1.54, 1.807) is 25.1 Å². The third-order valence-corrected chi connectivity index (χ3v) is 4.09. The van der Waals surface area contributed by atoms with E-state index >= 15 is 0 Å². The fourth-order valence-corrected chi connectivity index (χ4v) is 2.60. The van der Waals surface area contributed by atoms with Gasteiger partial charge in [-0.1, -0.05) is 24.3 Å². The first kappa shape index (κ1) is 18.5. The number of carbonyl (C=O) groups is 1. The van der Waals surface area contributed by atoms with Gasteiger partial charge in [-0.05, 0) is 61.7 Å². The Bertz CT molecular complexity index is 970. The molecule has 0 saturated carbocycles. The van der Waals surface area contributed by atoms with Crippen LogP contribution in [-0.4, -0.2) is 15.9 Å². The third-order valence-electron chi connectivity index (χ3n) is 4.09. The zero-order chi connectivity index (χ0) is 19.4. The van der Waals surface area contributed by atoms with E-state index in [2.05, 4.69) is 20.6 Å². The second kappa shape index (κ2) is 7.95. The summed E-state index contributed by atoms with van der Waals surface area (Å²) in [6.07, 6.45) is 0. The van der Waals surface area contributed by atoms with Gasteiger partial charge in [0.05, 0.1) is 0 Å². The molecule has 0 aliphatic heterocycles. The maximum Gasteiger partial charge on any atom is 0.274 e. The number of benzene rings is 2. The van der Waals surface area contributed by atoms with Gasteiger partial charge >= 0.3 is 0 Å². The molecule has 1 aromatic heterocycles. The van der Waals surface area contributed by atoms with Crippen LogP contribution in [-0.2, 0) is 6.54 Å². The van der Waals surface area contributed by atoms with Crippen molar-refractivity contribution >= 4 is 17.5 Å². The first-order valence-corrected chi connectivity index (χ1v) is 8.63. The maximum absolute atomic E-state index is 13.0. The second-order valence-corrected chi connectivity index (χ2v) is 6.47. The quantitative estimate of drug-likeness (QED) is 0.704. The molecule has 3 rings (SSSR count). The largest absolute Gasteiger partial charge is 0.350 e. The molecule has 0 aliphatic carbocycles. The van der Waals surface area contributed by atoms with Gasteiger partial charge in [-0.25, -0.2) is 14.4 Å². The molecule has 138 valence electrons. The predicted octanol–water partition coefficient (Wildman–Crippen LogP) is 4.41. The Kier molecular flexibility index (Phi) is 5.45. The molecule has 6 heteroatoms. The summed E-state index contributed by atoms with van der Waals surface area (Å²) in [7, 11) is 0. The molecule has 2 N–H and O–H groups in total. The highest BCUT2D eigenvalue weighted by molar-refractivity contribution is 6.03. The van der Waals surface area contributed by atoms with E-state index in [1.807, 2.05) is 32.0 Å². The Morgan fingerprint density at radius 3 is 2.48 bits per heavy atom. The minimum Gasteiger partial charge on any atom is -0.350 e. The van der Waals surface area contributed by atoms with E-state index in [0.29, 0.717) is 18.2 Å². The third kappa shape index (κ3) is 4.88. The van der Waals surface area contributed by atoms with Gasteiger partial charge in [0.15, 0.2) is 0 Å². The fraction of sp³-hybridized carbons (Fsp3) is 0.190. The minimum absolute atomic E-state index is 0.282. The van der Waals surface area contributed by atoms with Crippen LogP contribution in [0.25, 0.3) is 0 Å². The lowest BCUT2D eigenvalue weighted by molar-refractivity contribution is 0.102. The number of rotatable bonds is 5. The molecule has 1 heterocycles. The van der Waals surface area contributed by atoms with E-state index < -0.39 is 0 Å². The smallest absolute Gasteiger partial charge is 0.274 e. The molecule has 5 nitrogen and oxygen atoms in total. The number of aryl methyl sites for hydroxylation is 3. The molecule has 2 aromatic carbocycles. The Balaban J connectivity index is 1.74. The lowest BCUT2D eigenvalue weighted by Crippen LogP contribution is -2.16. The molecular weight excluding hydrogens is 343 g/mol. The average molecular weight is 364 g/mol. The summed E-state index contributed by atoms with van der Waals surface area (Å²) < 4.78 is 13.0. The Hall–Kier alpha value is -3.28. The summed E-state index contributed by atoms with van der Waals surface area (Å²) in [5.74, 6) is -0.222. The van der Waals surface area contributed by atoms with E-state index in [-0.39, 0.29) is 17.4 Å². The predicted molar refractivity (Wildman–Crippen MR) is 104 cm³/mol. The molecule has 0 radical (unpaired) electrons. The van der Waals surface area contributed by atoms with Crippen LogP contribution in [0.4, 0.5) is 16.0 Å². The van der Waals surface area contributed by atoms with Crippen molar-refractivity contribution < 1.29 is 9.18 Å². The molecular formula is C21H21FN4O. The molecule has 0 atom stereocenters. The van der Waals surface area contributed by atoms with Crippen molar-refractivity contribution in [3.63, 3.8) is 0 Å². The summed E-state index contributed by atoms with van der Waals surface area (Å²) >= 11 is 0. The van der Waals surface area contributed by atoms with Crippen molar-refractivity contribution in [2.45, 2.75) is 27.3 Å². The van der Waals surface area contributed by atoms with E-state index in [1.165, 1.54) is 12.1 Å². The number of hydrogen-bond donors (Lipinski definition) is 2. The molecule has 1 amide bonds. The molecule has 0 saturated heterocycles. The lowest BCUT2D eigenvalue weighted by Gasteiger charge is -2.11. The molecule has 27 heavy (non-hydrogen) atoms. The minimum atomic E-state index is -0.293. The van der Waals surface area contributed by atoms with Gasteiger partial charge in [-0.15, -0.1) is 0 Å². The summed E-state index contributed by atoms with van der Waals surface area (Å²) in [4.78, 5) is 21.2. The van der Waals surface area contributed by atoms with Gasteiger partial charge in [0.1, 0.15) is 11.5 Å². The number of anilines is 2. The molecule has 0 spiro atoms. The van der Waals surface area contributed by atoms with Crippen LogP contribution in [0.5, 0.6) is 0 Å². The Morgan fingerprint density at radius 1 is 1.00 bits per heavy atom. The first-order chi connectivity index (χ1) is 12.9. The van der Waals surface area contributed by atoms with Crippen molar-refractivity contribution in [3.05, 3.63) is 82.4 Å². The zero-order valence-corrected chi connectivity index (χ0v) is 15.5.